The topological polar surface area (TPSA) is 84.3 Å². The highest BCUT2D eigenvalue weighted by molar-refractivity contribution is 7.13. The summed E-state index contributed by atoms with van der Waals surface area (Å²) in [5, 5.41) is 20.4. The van der Waals surface area contributed by atoms with Crippen LogP contribution in [0.4, 0.5) is 4.79 Å². The number of hydrogen-bond acceptors (Lipinski definition) is 6. The van der Waals surface area contributed by atoms with Crippen LogP contribution in [0, 0.1) is 0 Å². The molecule has 102 valence electrons. The highest BCUT2D eigenvalue weighted by Crippen LogP contribution is 2.29. The van der Waals surface area contributed by atoms with E-state index in [1.807, 2.05) is 34.6 Å². The summed E-state index contributed by atoms with van der Waals surface area (Å²) in [7, 11) is 0. The van der Waals surface area contributed by atoms with E-state index in [0.29, 0.717) is 5.01 Å². The lowest BCUT2D eigenvalue weighted by Crippen LogP contribution is -2.42. The van der Waals surface area contributed by atoms with Crippen LogP contribution in [0.1, 0.15) is 39.6 Å². The van der Waals surface area contributed by atoms with Crippen molar-refractivity contribution in [2.75, 3.05) is 6.61 Å². The third-order valence-electron chi connectivity index (χ3n) is 2.04. The van der Waals surface area contributed by atoms with Crippen LogP contribution in [0.25, 0.3) is 0 Å². The van der Waals surface area contributed by atoms with Gasteiger partial charge in [-0.2, -0.15) is 0 Å². The molecule has 0 bridgehead atoms. The highest BCUT2D eigenvalue weighted by atomic mass is 32.1. The Morgan fingerprint density at radius 2 is 1.94 bits per heavy atom. The van der Waals surface area contributed by atoms with Gasteiger partial charge in [0.2, 0.25) is 0 Å². The lowest BCUT2D eigenvalue weighted by molar-refractivity contribution is 0.190. The van der Waals surface area contributed by atoms with Crippen molar-refractivity contribution in [3.63, 3.8) is 0 Å². The van der Waals surface area contributed by atoms with Crippen molar-refractivity contribution >= 4 is 17.4 Å². The van der Waals surface area contributed by atoms with Crippen LogP contribution < -0.4 is 10.1 Å². The van der Waals surface area contributed by atoms with Gasteiger partial charge in [-0.05, 0) is 20.8 Å². The lowest BCUT2D eigenvalue weighted by atomic mass is 9.96. The van der Waals surface area contributed by atoms with E-state index in [4.69, 9.17) is 4.74 Å². The predicted octanol–water partition coefficient (Wildman–Crippen LogP) is 1.69. The number of nitrogens with one attached hydrogen (secondary N) is 1. The van der Waals surface area contributed by atoms with Gasteiger partial charge in [-0.25, -0.2) is 4.79 Å². The van der Waals surface area contributed by atoms with Gasteiger partial charge in [0.15, 0.2) is 0 Å². The van der Waals surface area contributed by atoms with Crippen molar-refractivity contribution < 1.29 is 14.6 Å². The second kappa shape index (κ2) is 5.19. The van der Waals surface area contributed by atoms with Gasteiger partial charge in [0.1, 0.15) is 5.01 Å². The summed E-state index contributed by atoms with van der Waals surface area (Å²) in [5.41, 5.74) is -0.852. The van der Waals surface area contributed by atoms with Crippen molar-refractivity contribution in [2.24, 2.45) is 0 Å². The van der Waals surface area contributed by atoms with Crippen molar-refractivity contribution in [3.05, 3.63) is 5.01 Å². The summed E-state index contributed by atoms with van der Waals surface area (Å²) in [6.45, 7) is 9.20. The molecular formula is C11H19N3O3S. The molecule has 0 aliphatic rings. The van der Waals surface area contributed by atoms with Gasteiger partial charge < -0.3 is 15.2 Å². The Bertz CT molecular complexity index is 423. The monoisotopic (exact) mass is 273 g/mol. The Labute approximate surface area is 110 Å². The molecule has 0 fully saturated rings. The minimum atomic E-state index is -0.563. The third-order valence-corrected chi connectivity index (χ3v) is 3.20. The molecule has 18 heavy (non-hydrogen) atoms. The van der Waals surface area contributed by atoms with Crippen molar-refractivity contribution in [1.82, 2.24) is 15.5 Å². The fourth-order valence-corrected chi connectivity index (χ4v) is 1.79. The Balaban J connectivity index is 2.68. The third kappa shape index (κ3) is 4.23. The number of aliphatic hydroxyl groups is 1. The maximum atomic E-state index is 11.5. The summed E-state index contributed by atoms with van der Waals surface area (Å²) in [4.78, 5) is 11.5. The summed E-state index contributed by atoms with van der Waals surface area (Å²) in [6.07, 6.45) is -0.563. The Morgan fingerprint density at radius 3 is 2.44 bits per heavy atom. The largest absolute Gasteiger partial charge is 0.415 e. The molecule has 0 aliphatic heterocycles. The van der Waals surface area contributed by atoms with Crippen LogP contribution in [-0.2, 0) is 5.41 Å². The van der Waals surface area contributed by atoms with E-state index in [1.54, 1.807) is 0 Å². The fraction of sp³-hybridized carbons (Fsp3) is 0.727. The Kier molecular flexibility index (Phi) is 4.28. The van der Waals surface area contributed by atoms with Gasteiger partial charge in [-0.15, -0.1) is 5.10 Å². The molecule has 0 atom stereocenters. The molecule has 0 saturated heterocycles. The number of carbonyl (C=O) groups is 1. The average Bonchev–Trinajstić information content (AvgIpc) is 2.63. The minimum absolute atomic E-state index is 0.0458. The number of amides is 1. The van der Waals surface area contributed by atoms with Crippen LogP contribution in [-0.4, -0.2) is 33.5 Å². The molecule has 7 heteroatoms. The molecule has 1 aromatic heterocycles. The van der Waals surface area contributed by atoms with Crippen LogP contribution in [0.3, 0.4) is 0 Å². The molecule has 2 N–H and O–H groups in total. The number of rotatable bonds is 3. The first kappa shape index (κ1) is 14.8. The van der Waals surface area contributed by atoms with E-state index in [9.17, 15) is 9.90 Å². The predicted molar refractivity (Wildman–Crippen MR) is 68.9 cm³/mol. The SMILES string of the molecule is CC(C)(C)NC(=O)Oc1nnc(C(C)(C)CO)s1. The number of ether oxygens (including phenoxy) is 1. The van der Waals surface area contributed by atoms with Crippen LogP contribution >= 0.6 is 11.3 Å². The van der Waals surface area contributed by atoms with Crippen LogP contribution in [0.15, 0.2) is 0 Å². The second-order valence-corrected chi connectivity index (χ2v) is 6.62. The molecular weight excluding hydrogens is 254 g/mol. The highest BCUT2D eigenvalue weighted by Gasteiger charge is 2.26. The van der Waals surface area contributed by atoms with Gasteiger partial charge in [0.25, 0.3) is 0 Å². The number of nitrogens with zero attached hydrogens (tertiary/aromatic N) is 2. The van der Waals surface area contributed by atoms with E-state index in [1.165, 1.54) is 0 Å². The molecule has 1 aromatic rings. The summed E-state index contributed by atoms with van der Waals surface area (Å²) in [5.74, 6) is 0. The zero-order chi connectivity index (χ0) is 14.0. The zero-order valence-corrected chi connectivity index (χ0v) is 12.1. The van der Waals surface area contributed by atoms with Gasteiger partial charge in [0.05, 0.1) is 6.61 Å². The molecule has 1 rings (SSSR count). The standard InChI is InChI=1S/C11H19N3O3S/c1-10(2,3)12-8(16)17-9-14-13-7(18-9)11(4,5)6-15/h15H,6H2,1-5H3,(H,12,16). The van der Waals surface area contributed by atoms with E-state index in [2.05, 4.69) is 15.5 Å². The fourth-order valence-electron chi connectivity index (χ4n) is 1.00. The molecule has 1 heterocycles. The molecule has 0 saturated carbocycles. The van der Waals surface area contributed by atoms with E-state index >= 15 is 0 Å². The summed E-state index contributed by atoms with van der Waals surface area (Å²) in [6, 6.07) is 0. The van der Waals surface area contributed by atoms with Crippen LogP contribution in [0.2, 0.25) is 0 Å². The number of carbonyl (C=O) groups excluding carboxylic acids is 1. The van der Waals surface area contributed by atoms with Crippen molar-refractivity contribution in [1.29, 1.82) is 0 Å². The first-order chi connectivity index (χ1) is 8.14. The molecule has 0 aliphatic carbocycles. The normalized spacial score (nSPS) is 12.3. The van der Waals surface area contributed by atoms with Gasteiger partial charge in [-0.1, -0.05) is 30.3 Å². The molecule has 1 amide bonds. The van der Waals surface area contributed by atoms with Crippen molar-refractivity contribution in [3.8, 4) is 5.19 Å². The zero-order valence-electron chi connectivity index (χ0n) is 11.3. The van der Waals surface area contributed by atoms with Gasteiger partial charge in [0, 0.05) is 11.0 Å². The molecule has 0 unspecified atom stereocenters. The molecule has 6 nitrogen and oxygen atoms in total. The maximum Gasteiger partial charge on any atom is 0.415 e. The molecule has 0 aromatic carbocycles. The quantitative estimate of drug-likeness (QED) is 0.875. The van der Waals surface area contributed by atoms with Gasteiger partial charge >= 0.3 is 11.3 Å². The Morgan fingerprint density at radius 1 is 1.33 bits per heavy atom. The summed E-state index contributed by atoms with van der Waals surface area (Å²) < 4.78 is 5.02. The average molecular weight is 273 g/mol. The molecule has 0 spiro atoms. The van der Waals surface area contributed by atoms with E-state index in [0.717, 1.165) is 11.3 Å². The number of hydrogen-bond donors (Lipinski definition) is 2. The maximum absolute atomic E-state index is 11.5. The number of aliphatic hydroxyl groups excluding tert-OH is 1. The number of aromatic nitrogens is 2. The minimum Gasteiger partial charge on any atom is -0.395 e. The summed E-state index contributed by atoms with van der Waals surface area (Å²) >= 11 is 1.15. The first-order valence-corrected chi connectivity index (χ1v) is 6.40. The second-order valence-electron chi connectivity index (χ2n) is 5.68. The van der Waals surface area contributed by atoms with E-state index < -0.39 is 11.5 Å². The first-order valence-electron chi connectivity index (χ1n) is 5.59. The molecule has 0 radical (unpaired) electrons. The Hall–Kier alpha value is -1.21. The van der Waals surface area contributed by atoms with Gasteiger partial charge in [-0.3, -0.25) is 0 Å². The lowest BCUT2D eigenvalue weighted by Gasteiger charge is -2.19. The van der Waals surface area contributed by atoms with E-state index in [-0.39, 0.29) is 17.3 Å². The smallest absolute Gasteiger partial charge is 0.395 e. The van der Waals surface area contributed by atoms with Crippen LogP contribution in [0.5, 0.6) is 5.19 Å². The van der Waals surface area contributed by atoms with Crippen molar-refractivity contribution in [2.45, 2.75) is 45.6 Å².